The molecule has 0 radical (unpaired) electrons. The first kappa shape index (κ1) is 18.9. The summed E-state index contributed by atoms with van der Waals surface area (Å²) in [6.45, 7) is 3.83. The summed E-state index contributed by atoms with van der Waals surface area (Å²) in [5, 5.41) is 1.48. The molecule has 4 heterocycles. The third-order valence-electron chi connectivity index (χ3n) is 5.29. The lowest BCUT2D eigenvalue weighted by Crippen LogP contribution is -2.68. The standard InChI is InChI=1S/C19H25N3O6/c1-2-3-9-28-17-13(23)6-7-21-16(17)19(25)20-8-11-26-12-15(20)22(21)18(24)14-5-4-10-27-14/h6-7,14-15H,2-5,8-12H2,1H3/t14-,15+/m1/s1. The SMILES string of the molecule is CCCCOc1c2n(ccc1=O)N(C(=O)[C@H]1CCCO1)[C@H]1COCCN1C2=O. The van der Waals surface area contributed by atoms with Crippen molar-refractivity contribution in [2.75, 3.05) is 38.0 Å². The molecule has 3 aliphatic rings. The van der Waals surface area contributed by atoms with Crippen molar-refractivity contribution in [3.8, 4) is 5.75 Å². The third kappa shape index (κ3) is 3.18. The Kier molecular flexibility index (Phi) is 5.36. The summed E-state index contributed by atoms with van der Waals surface area (Å²) in [4.78, 5) is 40.5. The van der Waals surface area contributed by atoms with Crippen molar-refractivity contribution in [2.45, 2.75) is 44.9 Å². The van der Waals surface area contributed by atoms with E-state index in [4.69, 9.17) is 14.2 Å². The number of amides is 2. The van der Waals surface area contributed by atoms with E-state index in [-0.39, 0.29) is 35.3 Å². The second kappa shape index (κ2) is 7.92. The molecule has 2 saturated heterocycles. The van der Waals surface area contributed by atoms with Crippen LogP contribution in [-0.4, -0.2) is 66.6 Å². The number of aromatic nitrogens is 1. The number of unbranched alkanes of at least 4 members (excludes halogenated alkanes) is 1. The molecule has 9 nitrogen and oxygen atoms in total. The fraction of sp³-hybridized carbons (Fsp3) is 0.632. The fourth-order valence-electron chi connectivity index (χ4n) is 3.82. The number of pyridine rings is 1. The van der Waals surface area contributed by atoms with E-state index in [0.717, 1.165) is 19.3 Å². The van der Waals surface area contributed by atoms with E-state index in [1.165, 1.54) is 21.9 Å². The highest BCUT2D eigenvalue weighted by molar-refractivity contribution is 6.00. The molecular formula is C19H25N3O6. The van der Waals surface area contributed by atoms with Gasteiger partial charge in [0.2, 0.25) is 5.43 Å². The van der Waals surface area contributed by atoms with Gasteiger partial charge < -0.3 is 19.1 Å². The molecule has 0 saturated carbocycles. The molecule has 1 aromatic rings. The Bertz CT molecular complexity index is 816. The van der Waals surface area contributed by atoms with E-state index in [1.54, 1.807) is 4.90 Å². The minimum Gasteiger partial charge on any atom is -0.487 e. The smallest absolute Gasteiger partial charge is 0.278 e. The van der Waals surface area contributed by atoms with Crippen LogP contribution in [0.1, 0.15) is 43.1 Å². The number of hydrogen-bond donors (Lipinski definition) is 0. The zero-order valence-corrected chi connectivity index (χ0v) is 16.0. The maximum absolute atomic E-state index is 13.2. The molecule has 2 amide bonds. The number of rotatable bonds is 5. The summed E-state index contributed by atoms with van der Waals surface area (Å²) in [6, 6.07) is 1.33. The first-order valence-corrected chi connectivity index (χ1v) is 9.85. The lowest BCUT2D eigenvalue weighted by atomic mass is 10.1. The van der Waals surface area contributed by atoms with Gasteiger partial charge in [-0.25, -0.2) is 9.69 Å². The van der Waals surface area contributed by atoms with Gasteiger partial charge in [-0.1, -0.05) is 13.3 Å². The highest BCUT2D eigenvalue weighted by atomic mass is 16.5. The highest BCUT2D eigenvalue weighted by Gasteiger charge is 2.46. The van der Waals surface area contributed by atoms with Crippen LogP contribution >= 0.6 is 0 Å². The van der Waals surface area contributed by atoms with Crippen LogP contribution < -0.4 is 15.2 Å². The van der Waals surface area contributed by atoms with Gasteiger partial charge in [0.05, 0.1) is 19.8 Å². The second-order valence-electron chi connectivity index (χ2n) is 7.14. The van der Waals surface area contributed by atoms with Gasteiger partial charge in [0.25, 0.3) is 11.8 Å². The van der Waals surface area contributed by atoms with E-state index < -0.39 is 12.3 Å². The number of nitrogens with zero attached hydrogens (tertiary/aromatic N) is 3. The van der Waals surface area contributed by atoms with Gasteiger partial charge in [-0.3, -0.25) is 14.4 Å². The molecule has 28 heavy (non-hydrogen) atoms. The Labute approximate surface area is 162 Å². The van der Waals surface area contributed by atoms with Gasteiger partial charge in [-0.15, -0.1) is 0 Å². The van der Waals surface area contributed by atoms with Gasteiger partial charge in [0.15, 0.2) is 17.6 Å². The summed E-state index contributed by atoms with van der Waals surface area (Å²) in [6.07, 6.45) is 3.44. The summed E-state index contributed by atoms with van der Waals surface area (Å²) in [5.74, 6) is -0.570. The summed E-state index contributed by atoms with van der Waals surface area (Å²) < 4.78 is 18.3. The maximum atomic E-state index is 13.2. The van der Waals surface area contributed by atoms with Crippen molar-refractivity contribution < 1.29 is 23.8 Å². The molecular weight excluding hydrogens is 366 g/mol. The van der Waals surface area contributed by atoms with Gasteiger partial charge in [0, 0.05) is 25.4 Å². The van der Waals surface area contributed by atoms with Crippen molar-refractivity contribution in [1.82, 2.24) is 9.58 Å². The lowest BCUT2D eigenvalue weighted by Gasteiger charge is -2.47. The third-order valence-corrected chi connectivity index (χ3v) is 5.29. The molecule has 4 rings (SSSR count). The van der Waals surface area contributed by atoms with E-state index in [0.29, 0.717) is 32.8 Å². The number of carbonyl (C=O) groups is 2. The minimum atomic E-state index is -0.573. The molecule has 0 spiro atoms. The van der Waals surface area contributed by atoms with Crippen LogP contribution in [0, 0.1) is 0 Å². The average molecular weight is 391 g/mol. The Morgan fingerprint density at radius 1 is 1.32 bits per heavy atom. The molecule has 3 aliphatic heterocycles. The van der Waals surface area contributed by atoms with E-state index in [2.05, 4.69) is 0 Å². The van der Waals surface area contributed by atoms with Crippen LogP contribution in [0.4, 0.5) is 0 Å². The zero-order chi connectivity index (χ0) is 19.7. The molecule has 2 atom stereocenters. The molecule has 2 fully saturated rings. The average Bonchev–Trinajstić information content (AvgIpc) is 3.25. The summed E-state index contributed by atoms with van der Waals surface area (Å²) in [5.41, 5.74) is -0.278. The topological polar surface area (TPSA) is 90.3 Å². The van der Waals surface area contributed by atoms with Crippen molar-refractivity contribution in [3.63, 3.8) is 0 Å². The monoisotopic (exact) mass is 391 g/mol. The largest absolute Gasteiger partial charge is 0.487 e. The Morgan fingerprint density at radius 2 is 2.18 bits per heavy atom. The van der Waals surface area contributed by atoms with Crippen LogP contribution in [0.2, 0.25) is 0 Å². The number of ether oxygens (including phenoxy) is 3. The fourth-order valence-corrected chi connectivity index (χ4v) is 3.82. The first-order valence-electron chi connectivity index (χ1n) is 9.85. The predicted molar refractivity (Wildman–Crippen MR) is 98.9 cm³/mol. The Morgan fingerprint density at radius 3 is 2.93 bits per heavy atom. The summed E-state index contributed by atoms with van der Waals surface area (Å²) in [7, 11) is 0. The van der Waals surface area contributed by atoms with E-state index in [9.17, 15) is 14.4 Å². The van der Waals surface area contributed by atoms with Crippen LogP contribution in [-0.2, 0) is 14.3 Å². The normalized spacial score (nSPS) is 24.1. The van der Waals surface area contributed by atoms with Crippen molar-refractivity contribution >= 4 is 11.8 Å². The molecule has 0 aliphatic carbocycles. The molecule has 0 N–H and O–H groups in total. The summed E-state index contributed by atoms with van der Waals surface area (Å²) >= 11 is 0. The van der Waals surface area contributed by atoms with Gasteiger partial charge >= 0.3 is 0 Å². The van der Waals surface area contributed by atoms with Crippen LogP contribution in [0.5, 0.6) is 5.75 Å². The predicted octanol–water partition coefficient (Wildman–Crippen LogP) is 0.483. The van der Waals surface area contributed by atoms with Crippen molar-refractivity contribution in [3.05, 3.63) is 28.2 Å². The quantitative estimate of drug-likeness (QED) is 0.679. The molecule has 0 bridgehead atoms. The number of fused-ring (bicyclic) bond motifs is 2. The molecule has 152 valence electrons. The minimum absolute atomic E-state index is 0.00367. The zero-order valence-electron chi connectivity index (χ0n) is 16.0. The molecule has 0 aromatic carbocycles. The van der Waals surface area contributed by atoms with Crippen LogP contribution in [0.15, 0.2) is 17.1 Å². The number of morpholine rings is 1. The molecule has 0 unspecified atom stereocenters. The lowest BCUT2D eigenvalue weighted by molar-refractivity contribution is -0.132. The van der Waals surface area contributed by atoms with E-state index >= 15 is 0 Å². The number of hydrogen-bond acceptors (Lipinski definition) is 6. The van der Waals surface area contributed by atoms with E-state index in [1.807, 2.05) is 6.92 Å². The van der Waals surface area contributed by atoms with Crippen molar-refractivity contribution in [1.29, 1.82) is 0 Å². The second-order valence-corrected chi connectivity index (χ2v) is 7.14. The van der Waals surface area contributed by atoms with Crippen LogP contribution in [0.3, 0.4) is 0 Å². The first-order chi connectivity index (χ1) is 13.6. The van der Waals surface area contributed by atoms with Crippen LogP contribution in [0.25, 0.3) is 0 Å². The Hall–Kier alpha value is -2.39. The maximum Gasteiger partial charge on any atom is 0.278 e. The molecule has 9 heteroatoms. The van der Waals surface area contributed by atoms with Gasteiger partial charge in [0.1, 0.15) is 6.10 Å². The molecule has 1 aromatic heterocycles. The van der Waals surface area contributed by atoms with Gasteiger partial charge in [-0.05, 0) is 19.3 Å². The van der Waals surface area contributed by atoms with Crippen molar-refractivity contribution in [2.24, 2.45) is 0 Å². The number of carbonyl (C=O) groups excluding carboxylic acids is 2. The van der Waals surface area contributed by atoms with Gasteiger partial charge in [-0.2, -0.15) is 0 Å². The Balaban J connectivity index is 1.79. The highest BCUT2D eigenvalue weighted by Crippen LogP contribution is 2.28.